The maximum Gasteiger partial charge on any atom is 0.409 e. The summed E-state index contributed by atoms with van der Waals surface area (Å²) in [7, 11) is 0. The van der Waals surface area contributed by atoms with Gasteiger partial charge >= 0.3 is 12.1 Å². The molecular formula is C10H19NO4S. The second-order valence-electron chi connectivity index (χ2n) is 4.54. The van der Waals surface area contributed by atoms with Gasteiger partial charge in [0.1, 0.15) is 5.60 Å². The van der Waals surface area contributed by atoms with Gasteiger partial charge in [0, 0.05) is 0 Å². The lowest BCUT2D eigenvalue weighted by Crippen LogP contribution is -2.51. The quantitative estimate of drug-likeness (QED) is 0.526. The van der Waals surface area contributed by atoms with Crippen LogP contribution in [0.1, 0.15) is 40.5 Å². The molecule has 1 unspecified atom stereocenters. The van der Waals surface area contributed by atoms with Gasteiger partial charge in [0.05, 0.1) is 0 Å². The Morgan fingerprint density at radius 3 is 2.19 bits per heavy atom. The lowest BCUT2D eigenvalue weighted by Gasteiger charge is -2.27. The van der Waals surface area contributed by atoms with Crippen LogP contribution in [0.5, 0.6) is 0 Å². The fourth-order valence-corrected chi connectivity index (χ4v) is 1.37. The number of carbonyl (C=O) groups excluding carboxylic acids is 1. The number of carboxylic acids is 1. The molecule has 0 saturated carbocycles. The monoisotopic (exact) mass is 249 g/mol. The summed E-state index contributed by atoms with van der Waals surface area (Å²) < 4.78 is 4.97. The topological polar surface area (TPSA) is 75.6 Å². The number of carbonyl (C=O) groups is 2. The van der Waals surface area contributed by atoms with Crippen LogP contribution in [0, 0.1) is 0 Å². The highest BCUT2D eigenvalue weighted by Crippen LogP contribution is 2.19. The van der Waals surface area contributed by atoms with Crippen LogP contribution >= 0.6 is 12.6 Å². The summed E-state index contributed by atoms with van der Waals surface area (Å²) in [4.78, 5) is 20.8. The lowest BCUT2D eigenvalue weighted by molar-refractivity contribution is -0.141. The fourth-order valence-electron chi connectivity index (χ4n) is 1.06. The molecule has 0 fully saturated rings. The molecule has 1 amide bonds. The Morgan fingerprint density at radius 2 is 1.88 bits per heavy atom. The van der Waals surface area contributed by atoms with E-state index in [1.54, 1.807) is 20.8 Å². The molecule has 0 aromatic rings. The fraction of sp³-hybridized carbons (Fsp3) is 0.800. The summed E-state index contributed by atoms with van der Waals surface area (Å²) >= 11 is 3.97. The van der Waals surface area contributed by atoms with E-state index in [0.717, 1.165) is 0 Å². The van der Waals surface area contributed by atoms with Crippen molar-refractivity contribution < 1.29 is 19.4 Å². The van der Waals surface area contributed by atoms with Crippen LogP contribution < -0.4 is 5.32 Å². The third kappa shape index (κ3) is 5.25. The van der Waals surface area contributed by atoms with Gasteiger partial charge in [0.2, 0.25) is 0 Å². The Morgan fingerprint density at radius 1 is 1.38 bits per heavy atom. The van der Waals surface area contributed by atoms with E-state index in [1.807, 2.05) is 6.92 Å². The first-order valence-electron chi connectivity index (χ1n) is 5.07. The highest BCUT2D eigenvalue weighted by Gasteiger charge is 2.36. The van der Waals surface area contributed by atoms with Crippen molar-refractivity contribution in [2.45, 2.75) is 51.0 Å². The number of alkyl carbamates (subject to hydrolysis) is 1. The van der Waals surface area contributed by atoms with Crippen LogP contribution in [0.3, 0.4) is 0 Å². The molecule has 0 radical (unpaired) electrons. The van der Waals surface area contributed by atoms with Crippen molar-refractivity contribution in [2.24, 2.45) is 0 Å². The summed E-state index contributed by atoms with van der Waals surface area (Å²) in [6, 6.07) is 0. The molecule has 0 aromatic heterocycles. The molecule has 5 nitrogen and oxygen atoms in total. The molecule has 0 aromatic carbocycles. The first-order chi connectivity index (χ1) is 7.10. The number of thiol groups is 1. The number of carboxylic acid groups (broad SMARTS) is 1. The van der Waals surface area contributed by atoms with Crippen LogP contribution in [-0.2, 0) is 9.53 Å². The molecule has 0 rings (SSSR count). The largest absolute Gasteiger partial charge is 0.479 e. The number of ether oxygens (including phenoxy) is 1. The molecule has 2 N–H and O–H groups in total. The highest BCUT2D eigenvalue weighted by molar-refractivity contribution is 7.82. The number of rotatable bonds is 4. The van der Waals surface area contributed by atoms with E-state index >= 15 is 0 Å². The van der Waals surface area contributed by atoms with Crippen LogP contribution in [0.25, 0.3) is 0 Å². The minimum atomic E-state index is -1.57. The SMILES string of the molecule is CCCC(S)(NC(=O)OC(C)(C)C)C(=O)O. The zero-order chi connectivity index (χ0) is 13.0. The second kappa shape index (κ2) is 5.43. The minimum absolute atomic E-state index is 0.227. The number of hydrogen-bond donors (Lipinski definition) is 3. The van der Waals surface area contributed by atoms with E-state index in [2.05, 4.69) is 17.9 Å². The summed E-state index contributed by atoms with van der Waals surface area (Å²) in [5, 5.41) is 11.2. The van der Waals surface area contributed by atoms with E-state index < -0.39 is 22.5 Å². The molecule has 0 aliphatic rings. The molecule has 0 spiro atoms. The maximum absolute atomic E-state index is 11.4. The molecule has 94 valence electrons. The third-order valence-corrected chi connectivity index (χ3v) is 2.20. The van der Waals surface area contributed by atoms with Crippen molar-refractivity contribution in [1.29, 1.82) is 0 Å². The van der Waals surface area contributed by atoms with Gasteiger partial charge in [0.25, 0.3) is 0 Å². The third-order valence-electron chi connectivity index (χ3n) is 1.67. The molecular weight excluding hydrogens is 230 g/mol. The second-order valence-corrected chi connectivity index (χ2v) is 5.31. The molecule has 0 heterocycles. The Labute approximate surface area is 101 Å². The highest BCUT2D eigenvalue weighted by atomic mass is 32.1. The van der Waals surface area contributed by atoms with Gasteiger partial charge in [0.15, 0.2) is 4.87 Å². The average Bonchev–Trinajstić information content (AvgIpc) is 1.99. The summed E-state index contributed by atoms with van der Waals surface area (Å²) in [5.74, 6) is -1.19. The van der Waals surface area contributed by atoms with Gasteiger partial charge in [-0.05, 0) is 27.2 Å². The van der Waals surface area contributed by atoms with E-state index in [1.165, 1.54) is 0 Å². The van der Waals surface area contributed by atoms with Crippen LogP contribution in [0.2, 0.25) is 0 Å². The minimum Gasteiger partial charge on any atom is -0.479 e. The molecule has 16 heavy (non-hydrogen) atoms. The number of nitrogens with one attached hydrogen (secondary N) is 1. The van der Waals surface area contributed by atoms with Gasteiger partial charge in [-0.25, -0.2) is 9.59 Å². The Balaban J connectivity index is 4.53. The smallest absolute Gasteiger partial charge is 0.409 e. The van der Waals surface area contributed by atoms with E-state index in [0.29, 0.717) is 6.42 Å². The van der Waals surface area contributed by atoms with E-state index in [-0.39, 0.29) is 6.42 Å². The number of aliphatic carboxylic acids is 1. The molecule has 0 saturated heterocycles. The van der Waals surface area contributed by atoms with Crippen LogP contribution in [0.4, 0.5) is 4.79 Å². The molecule has 0 aliphatic carbocycles. The van der Waals surface area contributed by atoms with Gasteiger partial charge in [-0.2, -0.15) is 0 Å². The molecule has 1 atom stereocenters. The first-order valence-corrected chi connectivity index (χ1v) is 5.52. The molecule has 0 bridgehead atoms. The van der Waals surface area contributed by atoms with Crippen molar-refractivity contribution in [2.75, 3.05) is 0 Å². The Bertz CT molecular complexity index is 274. The lowest BCUT2D eigenvalue weighted by atomic mass is 10.1. The van der Waals surface area contributed by atoms with Gasteiger partial charge in [-0.1, -0.05) is 13.3 Å². The number of amides is 1. The van der Waals surface area contributed by atoms with E-state index in [9.17, 15) is 9.59 Å². The summed E-state index contributed by atoms with van der Waals surface area (Å²) in [5.41, 5.74) is -0.663. The van der Waals surface area contributed by atoms with E-state index in [4.69, 9.17) is 9.84 Å². The first kappa shape index (κ1) is 15.1. The standard InChI is InChI=1S/C10H19NO4S/c1-5-6-10(16,7(12)13)11-8(14)15-9(2,3)4/h16H,5-6H2,1-4H3,(H,11,14)(H,12,13). The van der Waals surface area contributed by atoms with Gasteiger partial charge in [-0.3, -0.25) is 5.32 Å². The predicted octanol–water partition coefficient (Wildman–Crippen LogP) is 2.02. The van der Waals surface area contributed by atoms with Crippen molar-refractivity contribution in [3.63, 3.8) is 0 Å². The Hall–Kier alpha value is -0.910. The normalized spacial score (nSPS) is 15.1. The van der Waals surface area contributed by atoms with Gasteiger partial charge in [-0.15, -0.1) is 12.6 Å². The van der Waals surface area contributed by atoms with Crippen molar-refractivity contribution >= 4 is 24.7 Å². The zero-order valence-corrected chi connectivity index (χ0v) is 10.9. The molecule has 6 heteroatoms. The predicted molar refractivity (Wildman–Crippen MR) is 63.6 cm³/mol. The maximum atomic E-state index is 11.4. The van der Waals surface area contributed by atoms with Crippen LogP contribution in [-0.4, -0.2) is 27.6 Å². The average molecular weight is 249 g/mol. The van der Waals surface area contributed by atoms with Crippen LogP contribution in [0.15, 0.2) is 0 Å². The Kier molecular flexibility index (Phi) is 5.12. The summed E-state index contributed by atoms with van der Waals surface area (Å²) in [6.07, 6.45) is 0.0365. The summed E-state index contributed by atoms with van der Waals surface area (Å²) in [6.45, 7) is 6.92. The number of hydrogen-bond acceptors (Lipinski definition) is 4. The molecule has 0 aliphatic heterocycles. The van der Waals surface area contributed by atoms with Gasteiger partial charge < -0.3 is 9.84 Å². The van der Waals surface area contributed by atoms with Crippen molar-refractivity contribution in [1.82, 2.24) is 5.32 Å². The van der Waals surface area contributed by atoms with Crippen molar-refractivity contribution in [3.8, 4) is 0 Å². The zero-order valence-electron chi connectivity index (χ0n) is 10.0. The van der Waals surface area contributed by atoms with Crippen molar-refractivity contribution in [3.05, 3.63) is 0 Å².